The van der Waals surface area contributed by atoms with Gasteiger partial charge < -0.3 is 24.7 Å². The number of likely N-dealkylation sites (tertiary alicyclic amines) is 1. The predicted molar refractivity (Wildman–Crippen MR) is 110 cm³/mol. The number of esters is 1. The first-order valence-electron chi connectivity index (χ1n) is 10.6. The van der Waals surface area contributed by atoms with Crippen LogP contribution in [-0.2, 0) is 19.1 Å². The quantitative estimate of drug-likeness (QED) is 0.536. The van der Waals surface area contributed by atoms with E-state index in [1.54, 1.807) is 4.90 Å². The van der Waals surface area contributed by atoms with Crippen LogP contribution in [0.1, 0.15) is 49.5 Å². The van der Waals surface area contributed by atoms with Crippen molar-refractivity contribution in [3.8, 4) is 0 Å². The number of hydrogen-bond donors (Lipinski definition) is 2. The van der Waals surface area contributed by atoms with Gasteiger partial charge in [0.15, 0.2) is 0 Å². The molecule has 0 aliphatic carbocycles. The highest BCUT2D eigenvalue weighted by atomic mass is 16.7. The van der Waals surface area contributed by atoms with Gasteiger partial charge in [0.2, 0.25) is 12.2 Å². The first-order valence-corrected chi connectivity index (χ1v) is 10.6. The molecule has 1 aromatic carbocycles. The number of fused-ring (bicyclic) bond motifs is 1. The summed E-state index contributed by atoms with van der Waals surface area (Å²) in [7, 11) is 0. The summed E-state index contributed by atoms with van der Waals surface area (Å²) < 4.78 is 10.8. The molecule has 8 nitrogen and oxygen atoms in total. The third-order valence-corrected chi connectivity index (χ3v) is 5.65. The maximum atomic E-state index is 13.1. The summed E-state index contributed by atoms with van der Waals surface area (Å²) in [6.07, 6.45) is 2.45. The molecule has 2 saturated heterocycles. The van der Waals surface area contributed by atoms with E-state index in [2.05, 4.69) is 10.3 Å². The zero-order valence-electron chi connectivity index (χ0n) is 17.1. The van der Waals surface area contributed by atoms with Gasteiger partial charge in [-0.05, 0) is 31.4 Å². The number of nitrogens with one attached hydrogen (secondary N) is 2. The van der Waals surface area contributed by atoms with Crippen molar-refractivity contribution in [1.29, 1.82) is 0 Å². The topological polar surface area (TPSA) is 101 Å². The van der Waals surface area contributed by atoms with Crippen LogP contribution in [0.3, 0.4) is 0 Å². The molecule has 160 valence electrons. The van der Waals surface area contributed by atoms with Crippen LogP contribution in [0.15, 0.2) is 30.3 Å². The van der Waals surface area contributed by atoms with Gasteiger partial charge in [-0.2, -0.15) is 0 Å². The fourth-order valence-corrected chi connectivity index (χ4v) is 4.05. The van der Waals surface area contributed by atoms with E-state index < -0.39 is 18.4 Å². The lowest BCUT2D eigenvalue weighted by Gasteiger charge is -2.26. The second-order valence-corrected chi connectivity index (χ2v) is 7.83. The fraction of sp³-hybridized carbons (Fsp3) is 0.500. The van der Waals surface area contributed by atoms with Crippen LogP contribution in [0, 0.1) is 0 Å². The number of rotatable bonds is 7. The number of hydrogen-bond acceptors (Lipinski definition) is 5. The zero-order chi connectivity index (χ0) is 21.1. The van der Waals surface area contributed by atoms with Crippen LogP contribution in [0.5, 0.6) is 0 Å². The van der Waals surface area contributed by atoms with E-state index in [9.17, 15) is 14.4 Å². The molecule has 2 aromatic rings. The van der Waals surface area contributed by atoms with E-state index in [4.69, 9.17) is 9.47 Å². The Morgan fingerprint density at radius 1 is 1.33 bits per heavy atom. The van der Waals surface area contributed by atoms with Crippen molar-refractivity contribution in [3.05, 3.63) is 36.0 Å². The molecule has 30 heavy (non-hydrogen) atoms. The van der Waals surface area contributed by atoms with Crippen LogP contribution in [-0.4, -0.2) is 59.2 Å². The van der Waals surface area contributed by atoms with Crippen molar-refractivity contribution in [1.82, 2.24) is 15.2 Å². The van der Waals surface area contributed by atoms with Crippen LogP contribution >= 0.6 is 0 Å². The molecule has 0 spiro atoms. The maximum absolute atomic E-state index is 13.1. The second-order valence-electron chi connectivity index (χ2n) is 7.83. The van der Waals surface area contributed by atoms with Gasteiger partial charge in [-0.15, -0.1) is 0 Å². The summed E-state index contributed by atoms with van der Waals surface area (Å²) in [5.74, 6) is -0.859. The molecular formula is C22H27N3O5. The number of cyclic esters (lactones) is 1. The number of unbranched alkanes of at least 4 members (excludes halogenated alkanes) is 1. The number of amides is 2. The van der Waals surface area contributed by atoms with Gasteiger partial charge in [-0.25, -0.2) is 0 Å². The average Bonchev–Trinajstić information content (AvgIpc) is 3.45. The first-order chi connectivity index (χ1) is 14.6. The highest BCUT2D eigenvalue weighted by molar-refractivity contribution is 6.00. The van der Waals surface area contributed by atoms with Gasteiger partial charge in [-0.3, -0.25) is 14.4 Å². The third kappa shape index (κ3) is 4.18. The zero-order valence-corrected chi connectivity index (χ0v) is 17.1. The number of carbonyl (C=O) groups is 3. The van der Waals surface area contributed by atoms with E-state index in [1.165, 1.54) is 0 Å². The molecule has 3 unspecified atom stereocenters. The van der Waals surface area contributed by atoms with Crippen LogP contribution in [0.4, 0.5) is 0 Å². The van der Waals surface area contributed by atoms with Gasteiger partial charge in [0.1, 0.15) is 17.8 Å². The number of ether oxygens (including phenoxy) is 2. The summed E-state index contributed by atoms with van der Waals surface area (Å²) >= 11 is 0. The number of aromatic amines is 1. The van der Waals surface area contributed by atoms with Crippen molar-refractivity contribution in [2.24, 2.45) is 0 Å². The van der Waals surface area contributed by atoms with Crippen LogP contribution in [0.25, 0.3) is 10.9 Å². The lowest BCUT2D eigenvalue weighted by molar-refractivity contribution is -0.165. The minimum atomic E-state index is -0.771. The molecule has 2 aliphatic heterocycles. The smallest absolute Gasteiger partial charge is 0.310 e. The number of H-pyrrole nitrogens is 1. The fourth-order valence-electron chi connectivity index (χ4n) is 4.05. The SMILES string of the molecule is CCCCOC1OC(=O)CC1NC(=O)C1CCCN1C(=O)c1cc2ccccc2[nH]1. The van der Waals surface area contributed by atoms with Crippen LogP contribution in [0.2, 0.25) is 0 Å². The number of aromatic nitrogens is 1. The molecule has 2 fully saturated rings. The van der Waals surface area contributed by atoms with Gasteiger partial charge in [-0.1, -0.05) is 31.5 Å². The minimum Gasteiger partial charge on any atom is -0.433 e. The van der Waals surface area contributed by atoms with Crippen molar-refractivity contribution >= 4 is 28.7 Å². The molecule has 4 rings (SSSR count). The van der Waals surface area contributed by atoms with Gasteiger partial charge in [0.25, 0.3) is 5.91 Å². The normalized spacial score (nSPS) is 23.7. The molecule has 3 heterocycles. The van der Waals surface area contributed by atoms with Gasteiger partial charge in [0.05, 0.1) is 13.0 Å². The lowest BCUT2D eigenvalue weighted by Crippen LogP contribution is -2.51. The van der Waals surface area contributed by atoms with Crippen molar-refractivity contribution < 1.29 is 23.9 Å². The third-order valence-electron chi connectivity index (χ3n) is 5.65. The molecular weight excluding hydrogens is 386 g/mol. The van der Waals surface area contributed by atoms with Crippen LogP contribution < -0.4 is 5.32 Å². The maximum Gasteiger partial charge on any atom is 0.310 e. The number of nitrogens with zero attached hydrogens (tertiary/aromatic N) is 1. The minimum absolute atomic E-state index is 0.0746. The Hall–Kier alpha value is -2.87. The Morgan fingerprint density at radius 2 is 2.17 bits per heavy atom. The number of benzene rings is 1. The Labute approximate surface area is 174 Å². The van der Waals surface area contributed by atoms with Crippen molar-refractivity contribution in [2.75, 3.05) is 13.2 Å². The molecule has 0 bridgehead atoms. The molecule has 3 atom stereocenters. The summed E-state index contributed by atoms with van der Waals surface area (Å²) in [6, 6.07) is 8.38. The molecule has 0 radical (unpaired) electrons. The number of para-hydroxylation sites is 1. The Bertz CT molecular complexity index is 907. The van der Waals surface area contributed by atoms with E-state index >= 15 is 0 Å². The molecule has 2 aliphatic rings. The lowest BCUT2D eigenvalue weighted by atomic mass is 10.1. The summed E-state index contributed by atoms with van der Waals surface area (Å²) in [4.78, 5) is 42.5. The van der Waals surface area contributed by atoms with E-state index in [0.29, 0.717) is 25.3 Å². The molecule has 2 amide bonds. The Kier molecular flexibility index (Phi) is 6.03. The molecule has 2 N–H and O–H groups in total. The average molecular weight is 413 g/mol. The second kappa shape index (κ2) is 8.87. The standard InChI is InChI=1S/C22H27N3O5/c1-2-3-11-29-22-17(13-19(26)30-22)24-20(27)18-9-6-10-25(18)21(28)16-12-14-7-4-5-8-15(14)23-16/h4-5,7-8,12,17-18,22-23H,2-3,6,9-11,13H2,1H3,(H,24,27). The largest absolute Gasteiger partial charge is 0.433 e. The van der Waals surface area contributed by atoms with Crippen molar-refractivity contribution in [3.63, 3.8) is 0 Å². The summed E-state index contributed by atoms with van der Waals surface area (Å²) in [5.41, 5.74) is 1.35. The van der Waals surface area contributed by atoms with E-state index in [1.807, 2.05) is 37.3 Å². The Balaban J connectivity index is 1.42. The predicted octanol–water partition coefficient (Wildman–Crippen LogP) is 2.35. The number of carbonyl (C=O) groups excluding carboxylic acids is 3. The first kappa shape index (κ1) is 20.4. The monoisotopic (exact) mass is 413 g/mol. The van der Waals surface area contributed by atoms with Crippen molar-refractivity contribution in [2.45, 2.75) is 57.4 Å². The summed E-state index contributed by atoms with van der Waals surface area (Å²) in [5, 5.41) is 3.83. The van der Waals surface area contributed by atoms with Gasteiger partial charge in [0, 0.05) is 17.4 Å². The van der Waals surface area contributed by atoms with E-state index in [-0.39, 0.29) is 24.2 Å². The molecule has 8 heteroatoms. The molecule has 1 aromatic heterocycles. The highest BCUT2D eigenvalue weighted by Gasteiger charge is 2.41. The summed E-state index contributed by atoms with van der Waals surface area (Å²) in [6.45, 7) is 3.03. The highest BCUT2D eigenvalue weighted by Crippen LogP contribution is 2.24. The van der Waals surface area contributed by atoms with E-state index in [0.717, 1.165) is 30.2 Å². The van der Waals surface area contributed by atoms with Gasteiger partial charge >= 0.3 is 5.97 Å². The molecule has 0 saturated carbocycles. The Morgan fingerprint density at radius 3 is 2.97 bits per heavy atom.